The molecule has 4 heteroatoms. The van der Waals surface area contributed by atoms with E-state index in [2.05, 4.69) is 26.9 Å². The van der Waals surface area contributed by atoms with Crippen LogP contribution in [-0.2, 0) is 0 Å². The number of halogens is 1. The highest BCUT2D eigenvalue weighted by Crippen LogP contribution is 2.43. The van der Waals surface area contributed by atoms with Crippen molar-refractivity contribution in [1.82, 2.24) is 9.80 Å². The van der Waals surface area contributed by atoms with Gasteiger partial charge in [-0.3, -0.25) is 4.90 Å². The third-order valence-electron chi connectivity index (χ3n) is 7.49. The Labute approximate surface area is 162 Å². The molecule has 3 fully saturated rings. The van der Waals surface area contributed by atoms with Gasteiger partial charge >= 0.3 is 0 Å². The second kappa shape index (κ2) is 7.56. The highest BCUT2D eigenvalue weighted by atomic mass is 19.1. The van der Waals surface area contributed by atoms with E-state index in [-0.39, 0.29) is 5.82 Å². The average Bonchev–Trinajstić information content (AvgIpc) is 3.32. The van der Waals surface area contributed by atoms with Gasteiger partial charge in [0.25, 0.3) is 0 Å². The Bertz CT molecular complexity index is 674. The smallest absolute Gasteiger partial charge is 0.146 e. The van der Waals surface area contributed by atoms with Crippen molar-refractivity contribution in [2.45, 2.75) is 31.7 Å². The number of piperazine rings is 1. The number of hydrogen-bond acceptors (Lipinski definition) is 3. The van der Waals surface area contributed by atoms with Crippen LogP contribution in [0.1, 0.15) is 25.7 Å². The highest BCUT2D eigenvalue weighted by Gasteiger charge is 2.37. The van der Waals surface area contributed by atoms with Gasteiger partial charge in [-0.25, -0.2) is 4.39 Å². The number of allylic oxidation sites excluding steroid dienone is 2. The zero-order valence-corrected chi connectivity index (χ0v) is 16.3. The van der Waals surface area contributed by atoms with Gasteiger partial charge in [0, 0.05) is 38.8 Å². The molecule has 146 valence electrons. The van der Waals surface area contributed by atoms with Gasteiger partial charge in [-0.05, 0) is 68.7 Å². The van der Waals surface area contributed by atoms with Crippen LogP contribution >= 0.6 is 0 Å². The molecule has 0 aromatic heterocycles. The predicted molar refractivity (Wildman–Crippen MR) is 108 cm³/mol. The Morgan fingerprint density at radius 2 is 1.67 bits per heavy atom. The molecule has 3 nitrogen and oxygen atoms in total. The maximum absolute atomic E-state index is 14.0. The SMILES string of the molecule is Fc1ccccc1N1CCN(C2CCN(C[C@@H]3C[C@@H]4C=C[C@H]3C4)CC2)CC1. The lowest BCUT2D eigenvalue weighted by Crippen LogP contribution is -2.53. The molecule has 27 heavy (non-hydrogen) atoms. The summed E-state index contributed by atoms with van der Waals surface area (Å²) < 4.78 is 14.0. The summed E-state index contributed by atoms with van der Waals surface area (Å²) in [6, 6.07) is 7.92. The van der Waals surface area contributed by atoms with Crippen molar-refractivity contribution in [2.75, 3.05) is 50.7 Å². The molecule has 2 bridgehead atoms. The van der Waals surface area contributed by atoms with Crippen molar-refractivity contribution >= 4 is 5.69 Å². The molecule has 2 saturated heterocycles. The normalized spacial score (nSPS) is 32.5. The molecule has 2 aliphatic carbocycles. The Kier molecular flexibility index (Phi) is 4.95. The minimum absolute atomic E-state index is 0.0882. The van der Waals surface area contributed by atoms with Gasteiger partial charge in [-0.15, -0.1) is 0 Å². The number of rotatable bonds is 4. The first-order chi connectivity index (χ1) is 13.3. The van der Waals surface area contributed by atoms with Crippen LogP contribution in [0.15, 0.2) is 36.4 Å². The average molecular weight is 370 g/mol. The van der Waals surface area contributed by atoms with Crippen LogP contribution in [0, 0.1) is 23.6 Å². The van der Waals surface area contributed by atoms with Crippen LogP contribution < -0.4 is 4.90 Å². The first-order valence-corrected chi connectivity index (χ1v) is 10.9. The summed E-state index contributed by atoms with van der Waals surface area (Å²) in [4.78, 5) is 7.60. The third-order valence-corrected chi connectivity index (χ3v) is 7.49. The van der Waals surface area contributed by atoms with Crippen LogP contribution in [0.5, 0.6) is 0 Å². The quantitative estimate of drug-likeness (QED) is 0.751. The number of nitrogens with zero attached hydrogens (tertiary/aromatic N) is 3. The molecule has 0 spiro atoms. The molecular weight excluding hydrogens is 337 g/mol. The van der Waals surface area contributed by atoms with Gasteiger partial charge < -0.3 is 9.80 Å². The highest BCUT2D eigenvalue weighted by molar-refractivity contribution is 5.48. The summed E-state index contributed by atoms with van der Waals surface area (Å²) in [5, 5.41) is 0. The molecule has 5 rings (SSSR count). The number of fused-ring (bicyclic) bond motifs is 2. The largest absolute Gasteiger partial charge is 0.367 e. The van der Waals surface area contributed by atoms with Crippen molar-refractivity contribution < 1.29 is 4.39 Å². The number of likely N-dealkylation sites (tertiary alicyclic amines) is 1. The van der Waals surface area contributed by atoms with E-state index in [0.717, 1.165) is 55.7 Å². The van der Waals surface area contributed by atoms with E-state index in [1.54, 1.807) is 12.1 Å². The first kappa shape index (κ1) is 17.7. The summed E-state index contributed by atoms with van der Waals surface area (Å²) in [5.41, 5.74) is 0.770. The number of piperidine rings is 1. The third kappa shape index (κ3) is 3.66. The number of benzene rings is 1. The maximum Gasteiger partial charge on any atom is 0.146 e. The summed E-state index contributed by atoms with van der Waals surface area (Å²) >= 11 is 0. The van der Waals surface area contributed by atoms with Crippen molar-refractivity contribution in [3.05, 3.63) is 42.2 Å². The first-order valence-electron chi connectivity index (χ1n) is 10.9. The Hall–Kier alpha value is -1.39. The van der Waals surface area contributed by atoms with E-state index in [0.29, 0.717) is 0 Å². The van der Waals surface area contributed by atoms with Crippen LogP contribution in [0.25, 0.3) is 0 Å². The lowest BCUT2D eigenvalue weighted by molar-refractivity contribution is 0.0918. The number of hydrogen-bond donors (Lipinski definition) is 0. The van der Waals surface area contributed by atoms with E-state index in [1.165, 1.54) is 45.3 Å². The van der Waals surface area contributed by atoms with Gasteiger partial charge in [0.05, 0.1) is 5.69 Å². The monoisotopic (exact) mass is 369 g/mol. The Balaban J connectivity index is 1.08. The van der Waals surface area contributed by atoms with Crippen molar-refractivity contribution in [1.29, 1.82) is 0 Å². The van der Waals surface area contributed by atoms with Gasteiger partial charge in [0.15, 0.2) is 0 Å². The molecule has 0 unspecified atom stereocenters. The molecule has 0 N–H and O–H groups in total. The molecule has 3 atom stereocenters. The van der Waals surface area contributed by atoms with Gasteiger partial charge in [0.2, 0.25) is 0 Å². The second-order valence-electron chi connectivity index (χ2n) is 9.05. The van der Waals surface area contributed by atoms with Crippen LogP contribution in [-0.4, -0.2) is 61.7 Å². The Morgan fingerprint density at radius 3 is 2.33 bits per heavy atom. The maximum atomic E-state index is 14.0. The van der Waals surface area contributed by atoms with Crippen LogP contribution in [0.3, 0.4) is 0 Å². The molecule has 2 heterocycles. The van der Waals surface area contributed by atoms with Gasteiger partial charge in [-0.1, -0.05) is 24.3 Å². The summed E-state index contributed by atoms with van der Waals surface area (Å²) in [6.45, 7) is 7.86. The number of anilines is 1. The Morgan fingerprint density at radius 1 is 0.889 bits per heavy atom. The van der Waals surface area contributed by atoms with Crippen LogP contribution in [0.4, 0.5) is 10.1 Å². The second-order valence-corrected chi connectivity index (χ2v) is 9.05. The molecule has 0 amide bonds. The van der Waals surface area contributed by atoms with E-state index >= 15 is 0 Å². The fraction of sp³-hybridized carbons (Fsp3) is 0.652. The van der Waals surface area contributed by atoms with Crippen molar-refractivity contribution in [2.24, 2.45) is 17.8 Å². The summed E-state index contributed by atoms with van der Waals surface area (Å²) in [6.07, 6.45) is 10.4. The zero-order valence-electron chi connectivity index (χ0n) is 16.3. The van der Waals surface area contributed by atoms with Crippen LogP contribution in [0.2, 0.25) is 0 Å². The molecule has 4 aliphatic rings. The van der Waals surface area contributed by atoms with Gasteiger partial charge in [-0.2, -0.15) is 0 Å². The lowest BCUT2D eigenvalue weighted by atomic mass is 9.92. The summed E-state index contributed by atoms with van der Waals surface area (Å²) in [5.74, 6) is 2.60. The fourth-order valence-corrected chi connectivity index (χ4v) is 5.94. The van der Waals surface area contributed by atoms with E-state index in [1.807, 2.05) is 12.1 Å². The van der Waals surface area contributed by atoms with E-state index in [4.69, 9.17) is 0 Å². The van der Waals surface area contributed by atoms with Gasteiger partial charge in [0.1, 0.15) is 5.82 Å². The topological polar surface area (TPSA) is 9.72 Å². The standard InChI is InChI=1S/C23H32FN3/c24-22-3-1-2-4-23(22)27-13-11-26(12-14-27)21-7-9-25(10-8-21)17-20-16-18-5-6-19(20)15-18/h1-6,18-21H,7-17H2/t18-,19+,20+/m1/s1. The molecule has 1 saturated carbocycles. The molecule has 1 aromatic rings. The minimum Gasteiger partial charge on any atom is -0.367 e. The molecule has 1 aromatic carbocycles. The lowest BCUT2D eigenvalue weighted by Gasteiger charge is -2.44. The number of para-hydroxylation sites is 1. The van der Waals surface area contributed by atoms with E-state index < -0.39 is 0 Å². The summed E-state index contributed by atoms with van der Waals surface area (Å²) in [7, 11) is 0. The molecular formula is C23H32FN3. The molecule has 0 radical (unpaired) electrons. The zero-order chi connectivity index (χ0) is 18.2. The predicted octanol–water partition coefficient (Wildman–Crippen LogP) is 3.62. The van der Waals surface area contributed by atoms with Crippen molar-refractivity contribution in [3.63, 3.8) is 0 Å². The minimum atomic E-state index is -0.0882. The fourth-order valence-electron chi connectivity index (χ4n) is 5.94. The molecule has 2 aliphatic heterocycles. The van der Waals surface area contributed by atoms with Crippen molar-refractivity contribution in [3.8, 4) is 0 Å². The van der Waals surface area contributed by atoms with E-state index in [9.17, 15) is 4.39 Å².